The lowest BCUT2D eigenvalue weighted by Crippen LogP contribution is -2.19. The van der Waals surface area contributed by atoms with Crippen LogP contribution in [0, 0.1) is 12.8 Å². The Bertz CT molecular complexity index is 354. The summed E-state index contributed by atoms with van der Waals surface area (Å²) in [6.45, 7) is 4.65. The molecule has 0 heterocycles. The van der Waals surface area contributed by atoms with Gasteiger partial charge in [-0.25, -0.2) is 0 Å². The maximum Gasteiger partial charge on any atom is 0.122 e. The SMILES string of the molecule is Cc1cc(C(C)O)ccc1OCC1CCC1. The summed E-state index contributed by atoms with van der Waals surface area (Å²) >= 11 is 0. The Morgan fingerprint density at radius 1 is 1.44 bits per heavy atom. The molecule has 1 atom stereocenters. The number of benzene rings is 1. The second kappa shape index (κ2) is 4.88. The van der Waals surface area contributed by atoms with Gasteiger partial charge in [0, 0.05) is 0 Å². The van der Waals surface area contributed by atoms with Gasteiger partial charge in [-0.3, -0.25) is 0 Å². The van der Waals surface area contributed by atoms with Crippen LogP contribution in [-0.2, 0) is 0 Å². The number of ether oxygens (including phenoxy) is 1. The third-order valence-corrected chi connectivity index (χ3v) is 3.38. The quantitative estimate of drug-likeness (QED) is 0.844. The Kier molecular flexibility index (Phi) is 3.49. The topological polar surface area (TPSA) is 29.5 Å². The lowest BCUT2D eigenvalue weighted by molar-refractivity contribution is 0.179. The van der Waals surface area contributed by atoms with Crippen LogP contribution in [0.3, 0.4) is 0 Å². The molecular formula is C14H20O2. The van der Waals surface area contributed by atoms with Gasteiger partial charge in [-0.1, -0.05) is 12.5 Å². The molecule has 1 saturated carbocycles. The average Bonchev–Trinajstić information content (AvgIpc) is 2.17. The van der Waals surface area contributed by atoms with E-state index in [9.17, 15) is 5.11 Å². The zero-order valence-electron chi connectivity index (χ0n) is 10.1. The molecule has 1 aliphatic rings. The molecule has 1 fully saturated rings. The third kappa shape index (κ3) is 2.56. The molecule has 0 aliphatic heterocycles. The van der Waals surface area contributed by atoms with Gasteiger partial charge < -0.3 is 9.84 Å². The van der Waals surface area contributed by atoms with Gasteiger partial charge in [-0.2, -0.15) is 0 Å². The fraction of sp³-hybridized carbons (Fsp3) is 0.571. The van der Waals surface area contributed by atoms with Crippen LogP contribution >= 0.6 is 0 Å². The maximum atomic E-state index is 9.46. The minimum atomic E-state index is -0.403. The molecule has 1 aliphatic carbocycles. The van der Waals surface area contributed by atoms with Gasteiger partial charge in [0.2, 0.25) is 0 Å². The standard InChI is InChI=1S/C14H20O2/c1-10-8-13(11(2)15)6-7-14(10)16-9-12-4-3-5-12/h6-8,11-12,15H,3-5,9H2,1-2H3. The van der Waals surface area contributed by atoms with Gasteiger partial charge in [0.25, 0.3) is 0 Å². The predicted molar refractivity (Wildman–Crippen MR) is 64.6 cm³/mol. The lowest BCUT2D eigenvalue weighted by Gasteiger charge is -2.25. The first-order valence-electron chi connectivity index (χ1n) is 6.08. The molecule has 0 aromatic heterocycles. The van der Waals surface area contributed by atoms with Crippen molar-refractivity contribution < 1.29 is 9.84 Å². The fourth-order valence-corrected chi connectivity index (χ4v) is 1.96. The minimum absolute atomic E-state index is 0.403. The number of aryl methyl sites for hydroxylation is 1. The van der Waals surface area contributed by atoms with E-state index in [1.807, 2.05) is 25.1 Å². The van der Waals surface area contributed by atoms with E-state index < -0.39 is 6.10 Å². The maximum absolute atomic E-state index is 9.46. The first-order valence-corrected chi connectivity index (χ1v) is 6.08. The van der Waals surface area contributed by atoms with Crippen molar-refractivity contribution in [1.82, 2.24) is 0 Å². The summed E-state index contributed by atoms with van der Waals surface area (Å²) in [6.07, 6.45) is 3.57. The van der Waals surface area contributed by atoms with Gasteiger partial charge in [0.15, 0.2) is 0 Å². The Morgan fingerprint density at radius 3 is 2.69 bits per heavy atom. The summed E-state index contributed by atoms with van der Waals surface area (Å²) in [5, 5.41) is 9.46. The zero-order valence-corrected chi connectivity index (χ0v) is 10.1. The molecule has 1 N–H and O–H groups in total. The van der Waals surface area contributed by atoms with Crippen molar-refractivity contribution >= 4 is 0 Å². The summed E-state index contributed by atoms with van der Waals surface area (Å²) in [5.41, 5.74) is 2.06. The fourth-order valence-electron chi connectivity index (χ4n) is 1.96. The molecule has 1 aromatic rings. The third-order valence-electron chi connectivity index (χ3n) is 3.38. The molecular weight excluding hydrogens is 200 g/mol. The van der Waals surface area contributed by atoms with E-state index >= 15 is 0 Å². The van der Waals surface area contributed by atoms with E-state index in [4.69, 9.17) is 4.74 Å². The van der Waals surface area contributed by atoms with Crippen molar-refractivity contribution in [1.29, 1.82) is 0 Å². The molecule has 16 heavy (non-hydrogen) atoms. The van der Waals surface area contributed by atoms with E-state index in [2.05, 4.69) is 0 Å². The van der Waals surface area contributed by atoms with Crippen LogP contribution in [-0.4, -0.2) is 11.7 Å². The number of aliphatic hydroxyl groups is 1. The highest BCUT2D eigenvalue weighted by atomic mass is 16.5. The second-order valence-electron chi connectivity index (χ2n) is 4.81. The Balaban J connectivity index is 1.98. The summed E-state index contributed by atoms with van der Waals surface area (Å²) in [6, 6.07) is 5.91. The summed E-state index contributed by atoms with van der Waals surface area (Å²) in [5.74, 6) is 1.71. The lowest BCUT2D eigenvalue weighted by atomic mass is 9.86. The average molecular weight is 220 g/mol. The van der Waals surface area contributed by atoms with Crippen molar-refractivity contribution in [2.45, 2.75) is 39.2 Å². The number of aliphatic hydroxyl groups excluding tert-OH is 1. The summed E-state index contributed by atoms with van der Waals surface area (Å²) in [7, 11) is 0. The largest absolute Gasteiger partial charge is 0.493 e. The van der Waals surface area contributed by atoms with E-state index in [-0.39, 0.29) is 0 Å². The Morgan fingerprint density at radius 2 is 2.19 bits per heavy atom. The van der Waals surface area contributed by atoms with E-state index in [0.29, 0.717) is 0 Å². The van der Waals surface area contributed by atoms with Gasteiger partial charge >= 0.3 is 0 Å². The molecule has 0 saturated heterocycles. The van der Waals surface area contributed by atoms with E-state index in [1.165, 1.54) is 19.3 Å². The van der Waals surface area contributed by atoms with Gasteiger partial charge in [-0.15, -0.1) is 0 Å². The molecule has 2 nitrogen and oxygen atoms in total. The van der Waals surface area contributed by atoms with Crippen molar-refractivity contribution in [2.75, 3.05) is 6.61 Å². The first-order chi connectivity index (χ1) is 7.66. The first kappa shape index (κ1) is 11.5. The van der Waals surface area contributed by atoms with Crippen LogP contribution in [0.25, 0.3) is 0 Å². The zero-order chi connectivity index (χ0) is 11.5. The minimum Gasteiger partial charge on any atom is -0.493 e. The van der Waals surface area contributed by atoms with Crippen LogP contribution in [0.2, 0.25) is 0 Å². The van der Waals surface area contributed by atoms with Crippen molar-refractivity contribution in [3.63, 3.8) is 0 Å². The molecule has 0 spiro atoms. The Hall–Kier alpha value is -1.02. The molecule has 0 amide bonds. The van der Waals surface area contributed by atoms with Crippen molar-refractivity contribution in [2.24, 2.45) is 5.92 Å². The van der Waals surface area contributed by atoms with E-state index in [0.717, 1.165) is 29.4 Å². The highest BCUT2D eigenvalue weighted by Crippen LogP contribution is 2.28. The number of hydrogen-bond donors (Lipinski definition) is 1. The molecule has 1 unspecified atom stereocenters. The van der Waals surface area contributed by atoms with Crippen LogP contribution in [0.4, 0.5) is 0 Å². The molecule has 0 bridgehead atoms. The Labute approximate surface area is 97.3 Å². The predicted octanol–water partition coefficient (Wildman–Crippen LogP) is 3.23. The van der Waals surface area contributed by atoms with Crippen LogP contribution < -0.4 is 4.74 Å². The highest BCUT2D eigenvalue weighted by molar-refractivity contribution is 5.36. The van der Waals surface area contributed by atoms with Gasteiger partial charge in [0.05, 0.1) is 12.7 Å². The number of hydrogen-bond acceptors (Lipinski definition) is 2. The molecule has 1 aromatic carbocycles. The van der Waals surface area contributed by atoms with Crippen LogP contribution in [0.5, 0.6) is 5.75 Å². The van der Waals surface area contributed by atoms with Gasteiger partial charge in [0.1, 0.15) is 5.75 Å². The second-order valence-corrected chi connectivity index (χ2v) is 4.81. The summed E-state index contributed by atoms with van der Waals surface area (Å²) in [4.78, 5) is 0. The summed E-state index contributed by atoms with van der Waals surface area (Å²) < 4.78 is 5.79. The number of rotatable bonds is 4. The molecule has 2 heteroatoms. The molecule has 88 valence electrons. The van der Waals surface area contributed by atoms with E-state index in [1.54, 1.807) is 6.92 Å². The normalized spacial score (nSPS) is 17.9. The molecule has 2 rings (SSSR count). The van der Waals surface area contributed by atoms with Crippen molar-refractivity contribution in [3.8, 4) is 5.75 Å². The highest BCUT2D eigenvalue weighted by Gasteiger charge is 2.18. The van der Waals surface area contributed by atoms with Gasteiger partial charge in [-0.05, 0) is 55.9 Å². The van der Waals surface area contributed by atoms with Crippen LogP contribution in [0.1, 0.15) is 43.4 Å². The monoisotopic (exact) mass is 220 g/mol. The van der Waals surface area contributed by atoms with Crippen LogP contribution in [0.15, 0.2) is 18.2 Å². The smallest absolute Gasteiger partial charge is 0.122 e. The molecule has 0 radical (unpaired) electrons. The van der Waals surface area contributed by atoms with Crippen molar-refractivity contribution in [3.05, 3.63) is 29.3 Å².